The summed E-state index contributed by atoms with van der Waals surface area (Å²) in [6.07, 6.45) is 0. The van der Waals surface area contributed by atoms with Crippen LogP contribution in [0.2, 0.25) is 0 Å². The van der Waals surface area contributed by atoms with Crippen molar-refractivity contribution in [3.05, 3.63) is 33.9 Å². The molecule has 3 rings (SSSR count). The van der Waals surface area contributed by atoms with Crippen molar-refractivity contribution in [2.24, 2.45) is 0 Å². The summed E-state index contributed by atoms with van der Waals surface area (Å²) in [5, 5.41) is 30.2. The first-order chi connectivity index (χ1) is 9.82. The third-order valence-electron chi connectivity index (χ3n) is 3.84. The van der Waals surface area contributed by atoms with Gasteiger partial charge in [-0.3, -0.25) is 0 Å². The van der Waals surface area contributed by atoms with Gasteiger partial charge in [-0.2, -0.15) is 0 Å². The van der Waals surface area contributed by atoms with E-state index in [9.17, 15) is 15.0 Å². The Labute approximate surface area is 120 Å². The summed E-state index contributed by atoms with van der Waals surface area (Å²) in [5.74, 6) is -0.121. The number of phenols is 1. The van der Waals surface area contributed by atoms with Crippen molar-refractivity contribution in [2.45, 2.75) is 32.0 Å². The first-order valence-electron chi connectivity index (χ1n) is 6.61. The molecule has 0 radical (unpaired) electrons. The number of rotatable bonds is 2. The summed E-state index contributed by atoms with van der Waals surface area (Å²) >= 11 is 0. The molecule has 2 heterocycles. The van der Waals surface area contributed by atoms with E-state index < -0.39 is 23.8 Å². The average molecular weight is 292 g/mol. The van der Waals surface area contributed by atoms with Crippen LogP contribution in [0.4, 0.5) is 0 Å². The van der Waals surface area contributed by atoms with E-state index >= 15 is 0 Å². The number of fused-ring (bicyclic) bond motifs is 2. The molecule has 0 saturated heterocycles. The van der Waals surface area contributed by atoms with Gasteiger partial charge in [0.25, 0.3) is 0 Å². The van der Waals surface area contributed by atoms with Crippen molar-refractivity contribution in [1.82, 2.24) is 0 Å². The van der Waals surface area contributed by atoms with Crippen molar-refractivity contribution in [3.63, 3.8) is 0 Å². The fourth-order valence-corrected chi connectivity index (χ4v) is 2.73. The molecule has 0 aliphatic carbocycles. The van der Waals surface area contributed by atoms with Crippen LogP contribution in [-0.2, 0) is 6.61 Å². The Bertz CT molecular complexity index is 768. The lowest BCUT2D eigenvalue weighted by Gasteiger charge is -2.24. The number of hydrogen-bond donors (Lipinski definition) is 3. The normalized spacial score (nSPS) is 17.8. The van der Waals surface area contributed by atoms with E-state index in [2.05, 4.69) is 0 Å². The molecule has 21 heavy (non-hydrogen) atoms. The summed E-state index contributed by atoms with van der Waals surface area (Å²) in [7, 11) is 0. The predicted octanol–water partition coefficient (Wildman–Crippen LogP) is 1.24. The van der Waals surface area contributed by atoms with Crippen molar-refractivity contribution in [3.8, 4) is 11.5 Å². The Morgan fingerprint density at radius 3 is 2.71 bits per heavy atom. The monoisotopic (exact) mass is 292 g/mol. The highest BCUT2D eigenvalue weighted by atomic mass is 16.5. The number of phenolic OH excluding ortho intramolecular Hbond substituents is 1. The molecule has 0 fully saturated rings. The molecule has 0 bridgehead atoms. The maximum absolute atomic E-state index is 12.0. The summed E-state index contributed by atoms with van der Waals surface area (Å²) in [4.78, 5) is 12.0. The second-order valence-electron chi connectivity index (χ2n) is 5.78. The molecule has 2 aromatic rings. The van der Waals surface area contributed by atoms with Crippen LogP contribution >= 0.6 is 0 Å². The van der Waals surface area contributed by atoms with Gasteiger partial charge < -0.3 is 24.5 Å². The second kappa shape index (κ2) is 4.47. The lowest BCUT2D eigenvalue weighted by atomic mass is 9.85. The quantitative estimate of drug-likeness (QED) is 0.770. The van der Waals surface area contributed by atoms with Gasteiger partial charge in [0.15, 0.2) is 0 Å². The van der Waals surface area contributed by atoms with E-state index in [1.165, 1.54) is 6.07 Å². The minimum atomic E-state index is -1.10. The summed E-state index contributed by atoms with van der Waals surface area (Å²) in [6, 6.07) is 3.10. The van der Waals surface area contributed by atoms with Crippen molar-refractivity contribution in [1.29, 1.82) is 0 Å². The Morgan fingerprint density at radius 1 is 1.38 bits per heavy atom. The first-order valence-corrected chi connectivity index (χ1v) is 6.61. The van der Waals surface area contributed by atoms with E-state index in [0.717, 1.165) is 0 Å². The lowest BCUT2D eigenvalue weighted by Crippen LogP contribution is -2.30. The van der Waals surface area contributed by atoms with Crippen molar-refractivity contribution < 1.29 is 24.5 Å². The zero-order valence-electron chi connectivity index (χ0n) is 11.7. The van der Waals surface area contributed by atoms with Crippen molar-refractivity contribution >= 4 is 10.8 Å². The highest BCUT2D eigenvalue weighted by molar-refractivity contribution is 5.91. The first kappa shape index (κ1) is 13.9. The molecule has 1 atom stereocenters. The maximum Gasteiger partial charge on any atom is 0.347 e. The van der Waals surface area contributed by atoms with E-state index in [4.69, 9.17) is 14.3 Å². The molecule has 1 aliphatic rings. The van der Waals surface area contributed by atoms with Crippen LogP contribution in [-0.4, -0.2) is 27.5 Å². The van der Waals surface area contributed by atoms with Crippen LogP contribution in [0.25, 0.3) is 10.8 Å². The van der Waals surface area contributed by atoms with Gasteiger partial charge in [0.05, 0.1) is 18.1 Å². The Hall–Kier alpha value is -2.05. The molecule has 112 valence electrons. The largest absolute Gasteiger partial charge is 0.507 e. The minimum absolute atomic E-state index is 0.0331. The van der Waals surface area contributed by atoms with Crippen LogP contribution in [0.5, 0.6) is 11.5 Å². The molecule has 0 spiro atoms. The number of aromatic hydroxyl groups is 1. The van der Waals surface area contributed by atoms with Gasteiger partial charge in [0, 0.05) is 5.56 Å². The molecule has 1 aromatic heterocycles. The molecule has 1 unspecified atom stereocenters. The predicted molar refractivity (Wildman–Crippen MR) is 74.6 cm³/mol. The molecular formula is C15H16O6. The van der Waals surface area contributed by atoms with Gasteiger partial charge in [0.2, 0.25) is 0 Å². The van der Waals surface area contributed by atoms with E-state index in [1.807, 2.05) is 0 Å². The third kappa shape index (κ3) is 2.07. The van der Waals surface area contributed by atoms with Crippen LogP contribution in [0.3, 0.4) is 0 Å². The molecular weight excluding hydrogens is 276 g/mol. The highest BCUT2D eigenvalue weighted by Gasteiger charge is 2.39. The molecule has 1 aliphatic heterocycles. The third-order valence-corrected chi connectivity index (χ3v) is 3.84. The number of hydrogen-bond acceptors (Lipinski definition) is 6. The van der Waals surface area contributed by atoms with Crippen LogP contribution < -0.4 is 10.4 Å². The number of aliphatic hydroxyl groups excluding tert-OH is 1. The standard InChI is InChI=1S/C15H16O6/c1-15(2,19)9-6-20-10-4-7-3-8(5-16)21-14(18)11(7)13(17)12(9)10/h3-4,9,16-17,19H,5-6H2,1-2H3. The molecule has 6 heteroatoms. The zero-order valence-corrected chi connectivity index (χ0v) is 11.7. The Balaban J connectivity index is 2.33. The van der Waals surface area contributed by atoms with Crippen molar-refractivity contribution in [2.75, 3.05) is 6.61 Å². The Morgan fingerprint density at radius 2 is 2.10 bits per heavy atom. The van der Waals surface area contributed by atoms with Crippen LogP contribution in [0.15, 0.2) is 21.3 Å². The van der Waals surface area contributed by atoms with E-state index in [1.54, 1.807) is 19.9 Å². The summed E-state index contributed by atoms with van der Waals surface area (Å²) in [5.41, 5.74) is -1.40. The summed E-state index contributed by atoms with van der Waals surface area (Å²) < 4.78 is 10.5. The summed E-state index contributed by atoms with van der Waals surface area (Å²) in [6.45, 7) is 3.06. The highest BCUT2D eigenvalue weighted by Crippen LogP contribution is 2.47. The topological polar surface area (TPSA) is 100 Å². The van der Waals surface area contributed by atoms with Gasteiger partial charge in [-0.15, -0.1) is 0 Å². The number of benzene rings is 1. The molecule has 6 nitrogen and oxygen atoms in total. The van der Waals surface area contributed by atoms with Gasteiger partial charge in [-0.1, -0.05) is 0 Å². The zero-order chi connectivity index (χ0) is 15.4. The lowest BCUT2D eigenvalue weighted by molar-refractivity contribution is 0.0416. The number of aliphatic hydroxyl groups is 2. The van der Waals surface area contributed by atoms with Crippen LogP contribution in [0.1, 0.15) is 31.1 Å². The minimum Gasteiger partial charge on any atom is -0.507 e. The molecule has 3 N–H and O–H groups in total. The van der Waals surface area contributed by atoms with Gasteiger partial charge in [-0.05, 0) is 31.4 Å². The fourth-order valence-electron chi connectivity index (χ4n) is 2.73. The molecule has 0 amide bonds. The molecule has 0 saturated carbocycles. The van der Waals surface area contributed by atoms with E-state index in [0.29, 0.717) is 16.7 Å². The average Bonchev–Trinajstić information content (AvgIpc) is 2.82. The van der Waals surface area contributed by atoms with Crippen LogP contribution in [0, 0.1) is 0 Å². The van der Waals surface area contributed by atoms with Gasteiger partial charge >= 0.3 is 5.63 Å². The van der Waals surface area contributed by atoms with Gasteiger partial charge in [0.1, 0.15) is 29.3 Å². The SMILES string of the molecule is CC(C)(O)C1COc2cc3cc(CO)oc(=O)c3c(O)c21. The molecule has 1 aromatic carbocycles. The fraction of sp³-hybridized carbons (Fsp3) is 0.400. The maximum atomic E-state index is 12.0. The second-order valence-corrected chi connectivity index (χ2v) is 5.78. The number of ether oxygens (including phenoxy) is 1. The Kier molecular flexibility index (Phi) is 2.96. The van der Waals surface area contributed by atoms with E-state index in [-0.39, 0.29) is 23.5 Å². The smallest absolute Gasteiger partial charge is 0.347 e. The van der Waals surface area contributed by atoms with Gasteiger partial charge in [-0.25, -0.2) is 4.79 Å².